The third-order valence-electron chi connectivity index (χ3n) is 3.26. The van der Waals surface area contributed by atoms with Gasteiger partial charge in [0, 0.05) is 17.7 Å². The Labute approximate surface area is 133 Å². The van der Waals surface area contributed by atoms with Crippen molar-refractivity contribution in [3.8, 4) is 11.5 Å². The molecule has 1 atom stereocenters. The number of nitro groups is 1. The molecule has 0 aromatic heterocycles. The Morgan fingerprint density at radius 3 is 2.65 bits per heavy atom. The van der Waals surface area contributed by atoms with Crippen LogP contribution in [0.2, 0.25) is 0 Å². The first-order valence-corrected chi connectivity index (χ1v) is 7.18. The fourth-order valence-corrected chi connectivity index (χ4v) is 2.11. The van der Waals surface area contributed by atoms with Crippen LogP contribution in [0.15, 0.2) is 42.5 Å². The molecule has 2 aromatic rings. The fraction of sp³-hybridized carbons (Fsp3) is 0.235. The molecule has 0 radical (unpaired) electrons. The molecule has 0 saturated heterocycles. The number of hydrogen-bond acceptors (Lipinski definition) is 5. The molecule has 0 amide bonds. The van der Waals surface area contributed by atoms with E-state index in [2.05, 4.69) is 0 Å². The van der Waals surface area contributed by atoms with Crippen LogP contribution in [0.5, 0.6) is 11.5 Å². The minimum atomic E-state index is -0.444. The molecule has 0 bridgehead atoms. The topological polar surface area (TPSA) is 78.7 Å². The highest BCUT2D eigenvalue weighted by atomic mass is 16.6. The van der Waals surface area contributed by atoms with Gasteiger partial charge < -0.3 is 9.47 Å². The van der Waals surface area contributed by atoms with E-state index in [1.807, 2.05) is 6.92 Å². The minimum Gasteiger partial charge on any atom is -0.490 e. The highest BCUT2D eigenvalue weighted by molar-refractivity contribution is 5.76. The average molecular weight is 315 g/mol. The van der Waals surface area contributed by atoms with Gasteiger partial charge in [0.2, 0.25) is 0 Å². The number of carbonyl (C=O) groups is 1. The van der Waals surface area contributed by atoms with Gasteiger partial charge in [-0.1, -0.05) is 12.1 Å². The molecule has 23 heavy (non-hydrogen) atoms. The van der Waals surface area contributed by atoms with E-state index in [0.29, 0.717) is 29.2 Å². The van der Waals surface area contributed by atoms with Crippen LogP contribution < -0.4 is 9.47 Å². The van der Waals surface area contributed by atoms with Crippen LogP contribution in [0.1, 0.15) is 35.9 Å². The molecule has 2 rings (SSSR count). The molecular weight excluding hydrogens is 298 g/mol. The van der Waals surface area contributed by atoms with Gasteiger partial charge in [0.1, 0.15) is 12.4 Å². The lowest BCUT2D eigenvalue weighted by Gasteiger charge is -2.18. The minimum absolute atomic E-state index is 0.0132. The van der Waals surface area contributed by atoms with Crippen LogP contribution >= 0.6 is 0 Å². The fourth-order valence-electron chi connectivity index (χ4n) is 2.11. The van der Waals surface area contributed by atoms with Crippen molar-refractivity contribution >= 4 is 12.0 Å². The van der Waals surface area contributed by atoms with Gasteiger partial charge in [-0.15, -0.1) is 0 Å². The maximum atomic E-state index is 10.9. The summed E-state index contributed by atoms with van der Waals surface area (Å²) in [4.78, 5) is 21.3. The van der Waals surface area contributed by atoms with Gasteiger partial charge in [-0.3, -0.25) is 14.9 Å². The summed E-state index contributed by atoms with van der Waals surface area (Å²) in [6.45, 7) is 4.06. The summed E-state index contributed by atoms with van der Waals surface area (Å²) >= 11 is 0. The Morgan fingerprint density at radius 2 is 2.00 bits per heavy atom. The number of aldehydes is 1. The molecular formula is C17H17NO5. The number of non-ortho nitro benzene ring substituents is 1. The number of benzene rings is 2. The molecule has 6 nitrogen and oxygen atoms in total. The van der Waals surface area contributed by atoms with Crippen molar-refractivity contribution in [2.24, 2.45) is 0 Å². The van der Waals surface area contributed by atoms with E-state index >= 15 is 0 Å². The van der Waals surface area contributed by atoms with Crippen LogP contribution in [0.25, 0.3) is 0 Å². The van der Waals surface area contributed by atoms with Crippen LogP contribution in [0.3, 0.4) is 0 Å². The maximum absolute atomic E-state index is 10.9. The van der Waals surface area contributed by atoms with Crippen molar-refractivity contribution in [1.82, 2.24) is 0 Å². The summed E-state index contributed by atoms with van der Waals surface area (Å²) in [6.07, 6.45) is 0.326. The Balaban J connectivity index is 2.25. The van der Waals surface area contributed by atoms with Crippen molar-refractivity contribution < 1.29 is 19.2 Å². The first kappa shape index (κ1) is 16.5. The average Bonchev–Trinajstić information content (AvgIpc) is 2.56. The van der Waals surface area contributed by atoms with Crippen LogP contribution in [-0.4, -0.2) is 17.8 Å². The number of ether oxygens (including phenoxy) is 2. The van der Waals surface area contributed by atoms with Crippen LogP contribution in [0, 0.1) is 10.1 Å². The van der Waals surface area contributed by atoms with E-state index < -0.39 is 11.0 Å². The van der Waals surface area contributed by atoms with Crippen molar-refractivity contribution in [3.05, 3.63) is 63.7 Å². The van der Waals surface area contributed by atoms with E-state index in [1.165, 1.54) is 12.1 Å². The number of hydrogen-bond donors (Lipinski definition) is 0. The summed E-state index contributed by atoms with van der Waals surface area (Å²) in [5.41, 5.74) is 1.18. The zero-order chi connectivity index (χ0) is 16.8. The predicted molar refractivity (Wildman–Crippen MR) is 85.1 cm³/mol. The van der Waals surface area contributed by atoms with Crippen molar-refractivity contribution in [2.75, 3.05) is 6.61 Å². The molecule has 0 N–H and O–H groups in total. The zero-order valence-electron chi connectivity index (χ0n) is 12.9. The molecule has 0 aliphatic carbocycles. The second-order valence-electron chi connectivity index (χ2n) is 4.87. The lowest BCUT2D eigenvalue weighted by molar-refractivity contribution is -0.385. The van der Waals surface area contributed by atoms with Gasteiger partial charge in [-0.05, 0) is 37.6 Å². The molecule has 6 heteroatoms. The van der Waals surface area contributed by atoms with Gasteiger partial charge in [-0.25, -0.2) is 0 Å². The second-order valence-corrected chi connectivity index (χ2v) is 4.87. The number of rotatable bonds is 7. The van der Waals surface area contributed by atoms with Gasteiger partial charge in [-0.2, -0.15) is 0 Å². The molecule has 0 unspecified atom stereocenters. The third kappa shape index (κ3) is 4.06. The number of nitro benzene ring substituents is 1. The molecule has 0 saturated carbocycles. The quantitative estimate of drug-likeness (QED) is 0.439. The number of carbonyl (C=O) groups excluding carboxylic acids is 1. The summed E-state index contributed by atoms with van der Waals surface area (Å²) in [5.74, 6) is 0.950. The standard InChI is InChI=1S/C17H17NO5/c1-3-22-17-9-13(11-19)7-8-16(17)23-12(2)14-5-4-6-15(10-14)18(20)21/h4-12H,3H2,1-2H3/t12-/m1/s1. The summed E-state index contributed by atoms with van der Waals surface area (Å²) in [7, 11) is 0. The monoisotopic (exact) mass is 315 g/mol. The lowest BCUT2D eigenvalue weighted by Crippen LogP contribution is -2.06. The third-order valence-corrected chi connectivity index (χ3v) is 3.26. The van der Waals surface area contributed by atoms with E-state index in [9.17, 15) is 14.9 Å². The van der Waals surface area contributed by atoms with Gasteiger partial charge >= 0.3 is 0 Å². The molecule has 2 aromatic carbocycles. The van der Waals surface area contributed by atoms with Crippen molar-refractivity contribution in [2.45, 2.75) is 20.0 Å². The Morgan fingerprint density at radius 1 is 1.22 bits per heavy atom. The van der Waals surface area contributed by atoms with E-state index in [0.717, 1.165) is 6.29 Å². The number of nitrogens with zero attached hydrogens (tertiary/aromatic N) is 1. The molecule has 0 heterocycles. The summed E-state index contributed by atoms with van der Waals surface area (Å²) in [6, 6.07) is 11.2. The van der Waals surface area contributed by atoms with E-state index in [-0.39, 0.29) is 5.69 Å². The highest BCUT2D eigenvalue weighted by Crippen LogP contribution is 2.32. The predicted octanol–water partition coefficient (Wildman–Crippen LogP) is 3.95. The molecule has 0 fully saturated rings. The first-order chi connectivity index (χ1) is 11.0. The normalized spacial score (nSPS) is 11.6. The molecule has 0 aliphatic heterocycles. The first-order valence-electron chi connectivity index (χ1n) is 7.18. The van der Waals surface area contributed by atoms with Gasteiger partial charge in [0.05, 0.1) is 11.5 Å². The molecule has 0 aliphatic rings. The summed E-state index contributed by atoms with van der Waals surface area (Å²) in [5, 5.41) is 10.9. The smallest absolute Gasteiger partial charge is 0.269 e. The molecule has 120 valence electrons. The lowest BCUT2D eigenvalue weighted by atomic mass is 10.1. The maximum Gasteiger partial charge on any atom is 0.269 e. The van der Waals surface area contributed by atoms with Gasteiger partial charge in [0.25, 0.3) is 5.69 Å². The largest absolute Gasteiger partial charge is 0.490 e. The van der Waals surface area contributed by atoms with E-state index in [4.69, 9.17) is 9.47 Å². The SMILES string of the molecule is CCOc1cc(C=O)ccc1O[C@H](C)c1cccc([N+](=O)[O-])c1. The van der Waals surface area contributed by atoms with Gasteiger partial charge in [0.15, 0.2) is 11.5 Å². The Kier molecular flexibility index (Phi) is 5.30. The Bertz CT molecular complexity index is 714. The van der Waals surface area contributed by atoms with E-state index in [1.54, 1.807) is 37.3 Å². The van der Waals surface area contributed by atoms with Crippen LogP contribution in [0.4, 0.5) is 5.69 Å². The highest BCUT2D eigenvalue weighted by Gasteiger charge is 2.15. The summed E-state index contributed by atoms with van der Waals surface area (Å²) < 4.78 is 11.3. The van der Waals surface area contributed by atoms with Crippen molar-refractivity contribution in [1.29, 1.82) is 0 Å². The molecule has 0 spiro atoms. The zero-order valence-corrected chi connectivity index (χ0v) is 12.9. The Hall–Kier alpha value is -2.89. The van der Waals surface area contributed by atoms with Crippen molar-refractivity contribution in [3.63, 3.8) is 0 Å². The van der Waals surface area contributed by atoms with Crippen LogP contribution in [-0.2, 0) is 0 Å². The second kappa shape index (κ2) is 7.40.